The van der Waals surface area contributed by atoms with Crippen molar-refractivity contribution >= 4 is 34.5 Å². The molecule has 1 aliphatic rings. The summed E-state index contributed by atoms with van der Waals surface area (Å²) >= 11 is 1.61. The second-order valence-electron chi connectivity index (χ2n) is 1.67. The van der Waals surface area contributed by atoms with Crippen LogP contribution in [0.3, 0.4) is 0 Å². The van der Waals surface area contributed by atoms with Crippen LogP contribution in [-0.2, 0) is 0 Å². The van der Waals surface area contributed by atoms with E-state index in [-0.39, 0.29) is 0 Å². The summed E-state index contributed by atoms with van der Waals surface area (Å²) < 4.78 is 0. The first-order chi connectivity index (χ1) is 4.47. The van der Waals surface area contributed by atoms with Crippen molar-refractivity contribution < 1.29 is 0 Å². The Bertz CT molecular complexity index is 246. The van der Waals surface area contributed by atoms with E-state index < -0.39 is 0 Å². The van der Waals surface area contributed by atoms with E-state index in [1.807, 2.05) is 11.4 Å². The standard InChI is InChI=1S/C6H4N2S/c1-4-9-6-5(1)7-2-3-8-6/h1-4H/q+1. The van der Waals surface area contributed by atoms with E-state index in [1.54, 1.807) is 23.8 Å². The maximum Gasteiger partial charge on any atom is 0.313 e. The fourth-order valence-electron chi connectivity index (χ4n) is 0.704. The Morgan fingerprint density at radius 2 is 2.56 bits per heavy atom. The summed E-state index contributed by atoms with van der Waals surface area (Å²) in [5, 5.41) is 3.00. The maximum absolute atomic E-state index is 4.10. The second kappa shape index (κ2) is 1.77. The van der Waals surface area contributed by atoms with Gasteiger partial charge in [-0.3, -0.25) is 0 Å². The van der Waals surface area contributed by atoms with Gasteiger partial charge >= 0.3 is 5.69 Å². The van der Waals surface area contributed by atoms with Crippen molar-refractivity contribution in [1.29, 1.82) is 0 Å². The minimum atomic E-state index is 0.988. The zero-order valence-electron chi connectivity index (χ0n) is 4.61. The van der Waals surface area contributed by atoms with Gasteiger partial charge in [0.2, 0.25) is 0 Å². The van der Waals surface area contributed by atoms with Gasteiger partial charge in [0.25, 0.3) is 6.21 Å². The summed E-state index contributed by atoms with van der Waals surface area (Å²) in [6, 6.07) is 1.97. The third kappa shape index (κ3) is 0.695. The average Bonchev–Trinajstić information content (AvgIpc) is 2.33. The van der Waals surface area contributed by atoms with Crippen LogP contribution in [0.1, 0.15) is 0 Å². The van der Waals surface area contributed by atoms with Gasteiger partial charge in [-0.2, -0.15) is 0 Å². The first-order valence-electron chi connectivity index (χ1n) is 2.61. The Morgan fingerprint density at radius 3 is 3.44 bits per heavy atom. The Labute approximate surface area is 56.6 Å². The van der Waals surface area contributed by atoms with Gasteiger partial charge in [0.15, 0.2) is 5.00 Å². The number of rotatable bonds is 0. The van der Waals surface area contributed by atoms with Gasteiger partial charge < -0.3 is 0 Å². The summed E-state index contributed by atoms with van der Waals surface area (Å²) in [6.45, 7) is 0. The van der Waals surface area contributed by atoms with Gasteiger partial charge in [-0.05, 0) is 0 Å². The molecule has 1 aromatic heterocycles. The highest BCUT2D eigenvalue weighted by atomic mass is 32.1. The van der Waals surface area contributed by atoms with Crippen molar-refractivity contribution in [3.8, 4) is 0 Å². The summed E-state index contributed by atoms with van der Waals surface area (Å²) in [5.41, 5.74) is 0.988. The van der Waals surface area contributed by atoms with Gasteiger partial charge in [0, 0.05) is 11.4 Å². The molecule has 1 aromatic rings. The zero-order valence-corrected chi connectivity index (χ0v) is 5.43. The molecule has 0 atom stereocenters. The number of hydrogen-bond acceptors (Lipinski definition) is 3. The molecule has 0 saturated carbocycles. The maximum atomic E-state index is 4.10. The molecule has 0 bridgehead atoms. The normalized spacial score (nSPS) is 13.8. The third-order valence-electron chi connectivity index (χ3n) is 1.10. The predicted octanol–water partition coefficient (Wildman–Crippen LogP) is 1.50. The van der Waals surface area contributed by atoms with Crippen LogP contribution in [0.4, 0.5) is 10.7 Å². The SMILES string of the molecule is C1=Nc2sccc2[N+]=C1. The lowest BCUT2D eigenvalue weighted by molar-refractivity contribution is 1.40. The van der Waals surface area contributed by atoms with E-state index in [9.17, 15) is 0 Å². The summed E-state index contributed by atoms with van der Waals surface area (Å²) in [4.78, 5) is 8.19. The monoisotopic (exact) mass is 136 g/mol. The minimum Gasteiger partial charge on any atom is -0.233 e. The van der Waals surface area contributed by atoms with Gasteiger partial charge in [-0.25, -0.2) is 4.99 Å². The van der Waals surface area contributed by atoms with E-state index in [0.717, 1.165) is 10.7 Å². The lowest BCUT2D eigenvalue weighted by Gasteiger charge is -1.80. The molecule has 9 heavy (non-hydrogen) atoms. The van der Waals surface area contributed by atoms with Crippen molar-refractivity contribution in [2.45, 2.75) is 0 Å². The van der Waals surface area contributed by atoms with Crippen molar-refractivity contribution in [3.63, 3.8) is 0 Å². The summed E-state index contributed by atoms with van der Waals surface area (Å²) in [7, 11) is 0. The summed E-state index contributed by atoms with van der Waals surface area (Å²) in [5.74, 6) is 0. The van der Waals surface area contributed by atoms with Crippen LogP contribution in [0.25, 0.3) is 0 Å². The fourth-order valence-corrected chi connectivity index (χ4v) is 1.39. The Morgan fingerprint density at radius 1 is 1.56 bits per heavy atom. The molecule has 2 heterocycles. The van der Waals surface area contributed by atoms with Crippen LogP contribution in [0.5, 0.6) is 0 Å². The second-order valence-corrected chi connectivity index (χ2v) is 2.56. The molecule has 0 aliphatic carbocycles. The Hall–Kier alpha value is -0.960. The van der Waals surface area contributed by atoms with Crippen LogP contribution in [0, 0.1) is 0 Å². The smallest absolute Gasteiger partial charge is 0.233 e. The third-order valence-corrected chi connectivity index (χ3v) is 1.91. The molecule has 0 unspecified atom stereocenters. The molecule has 0 aromatic carbocycles. The number of hydrogen-bond donors (Lipinski definition) is 0. The topological polar surface area (TPSA) is 26.5 Å². The molecule has 0 spiro atoms. The van der Waals surface area contributed by atoms with Crippen molar-refractivity contribution in [3.05, 3.63) is 11.4 Å². The van der Waals surface area contributed by atoms with E-state index in [1.165, 1.54) is 0 Å². The molecule has 1 aliphatic heterocycles. The molecular formula is C6H4N2S+. The highest BCUT2D eigenvalue weighted by Crippen LogP contribution is 2.30. The lowest BCUT2D eigenvalue weighted by Crippen LogP contribution is -1.88. The zero-order chi connectivity index (χ0) is 6.10. The molecule has 0 amide bonds. The van der Waals surface area contributed by atoms with E-state index >= 15 is 0 Å². The molecule has 43 valence electrons. The number of aliphatic imine (C=N–C) groups is 2. The Kier molecular flexibility index (Phi) is 0.960. The Balaban J connectivity index is 2.68. The van der Waals surface area contributed by atoms with Gasteiger partial charge in [0.1, 0.15) is 0 Å². The molecule has 0 saturated heterocycles. The first kappa shape index (κ1) is 4.88. The van der Waals surface area contributed by atoms with Crippen LogP contribution in [0.15, 0.2) is 16.4 Å². The van der Waals surface area contributed by atoms with E-state index in [2.05, 4.69) is 9.98 Å². The minimum absolute atomic E-state index is 0.988. The van der Waals surface area contributed by atoms with Crippen molar-refractivity contribution in [2.24, 2.45) is 4.99 Å². The molecule has 0 fully saturated rings. The number of nitrogens with zero attached hydrogens (tertiary/aromatic N) is 2. The van der Waals surface area contributed by atoms with Crippen LogP contribution < -0.4 is 4.99 Å². The molecular weight excluding hydrogens is 132 g/mol. The fraction of sp³-hybridized carbons (Fsp3) is 0. The van der Waals surface area contributed by atoms with Crippen LogP contribution in [0.2, 0.25) is 0 Å². The molecule has 3 heteroatoms. The number of thiophene rings is 1. The lowest BCUT2D eigenvalue weighted by atomic mass is 10.5. The van der Waals surface area contributed by atoms with Gasteiger partial charge in [0.05, 0.1) is 11.2 Å². The summed E-state index contributed by atoms with van der Waals surface area (Å²) in [6.07, 6.45) is 3.41. The molecule has 2 nitrogen and oxygen atoms in total. The number of fused-ring (bicyclic) bond motifs is 1. The van der Waals surface area contributed by atoms with Gasteiger partial charge in [-0.1, -0.05) is 0 Å². The van der Waals surface area contributed by atoms with E-state index in [0.29, 0.717) is 0 Å². The molecule has 2 rings (SSSR count). The van der Waals surface area contributed by atoms with Gasteiger partial charge in [-0.15, -0.1) is 11.3 Å². The van der Waals surface area contributed by atoms with Crippen LogP contribution in [-0.4, -0.2) is 12.4 Å². The highest BCUT2D eigenvalue weighted by molar-refractivity contribution is 7.14. The first-order valence-corrected chi connectivity index (χ1v) is 3.49. The predicted molar refractivity (Wildman–Crippen MR) is 40.3 cm³/mol. The molecule has 1 radical (unpaired) electrons. The largest absolute Gasteiger partial charge is 0.313 e. The molecule has 0 N–H and O–H groups in total. The van der Waals surface area contributed by atoms with E-state index in [4.69, 9.17) is 0 Å². The quantitative estimate of drug-likeness (QED) is 0.516. The van der Waals surface area contributed by atoms with Crippen molar-refractivity contribution in [1.82, 2.24) is 4.99 Å². The highest BCUT2D eigenvalue weighted by Gasteiger charge is 2.12. The van der Waals surface area contributed by atoms with Crippen molar-refractivity contribution in [2.75, 3.05) is 0 Å². The average molecular weight is 136 g/mol. The van der Waals surface area contributed by atoms with Crippen LogP contribution >= 0.6 is 11.3 Å².